The second-order valence-corrected chi connectivity index (χ2v) is 1.60. The number of pyridine rings is 1. The van der Waals surface area contributed by atoms with Crippen LogP contribution in [0, 0.1) is 0 Å². The average molecular weight is 121 g/mol. The highest BCUT2D eigenvalue weighted by molar-refractivity contribution is 5.45. The van der Waals surface area contributed by atoms with Crippen molar-refractivity contribution in [3.63, 3.8) is 0 Å². The summed E-state index contributed by atoms with van der Waals surface area (Å²) in [6.07, 6.45) is 5.94. The van der Waals surface area contributed by atoms with Gasteiger partial charge in [-0.1, -0.05) is 6.07 Å². The Bertz CT molecular complexity index is 193. The highest BCUT2D eigenvalue weighted by atomic mass is 16.2. The van der Waals surface area contributed by atoms with Crippen LogP contribution in [0.1, 0.15) is 5.56 Å². The number of hydrogen-bond acceptors (Lipinski definition) is 2. The van der Waals surface area contributed by atoms with Gasteiger partial charge in [0.2, 0.25) is 0 Å². The van der Waals surface area contributed by atoms with Crippen molar-refractivity contribution in [2.75, 3.05) is 0 Å². The lowest BCUT2D eigenvalue weighted by Crippen LogP contribution is -1.71. The number of hydrogen-bond donors (Lipinski definition) is 1. The van der Waals surface area contributed by atoms with E-state index in [9.17, 15) is 0 Å². The molecule has 0 fully saturated rings. The van der Waals surface area contributed by atoms with Crippen molar-refractivity contribution in [3.8, 4) is 0 Å². The van der Waals surface area contributed by atoms with Crippen molar-refractivity contribution in [1.29, 1.82) is 0 Å². The van der Waals surface area contributed by atoms with Crippen LogP contribution in [-0.4, -0.2) is 10.1 Å². The number of aromatic nitrogens is 1. The highest BCUT2D eigenvalue weighted by Crippen LogP contribution is 1.96. The van der Waals surface area contributed by atoms with Crippen LogP contribution in [0.25, 0.3) is 6.08 Å². The lowest BCUT2D eigenvalue weighted by Gasteiger charge is -1.85. The highest BCUT2D eigenvalue weighted by Gasteiger charge is 1.79. The van der Waals surface area contributed by atoms with Gasteiger partial charge in [0.15, 0.2) is 0 Å². The third kappa shape index (κ3) is 1.57. The Labute approximate surface area is 53.5 Å². The number of rotatable bonds is 1. The molecule has 2 nitrogen and oxygen atoms in total. The van der Waals surface area contributed by atoms with Crippen LogP contribution in [0.15, 0.2) is 30.8 Å². The maximum absolute atomic E-state index is 8.31. The summed E-state index contributed by atoms with van der Waals surface area (Å²) in [7, 11) is 0. The second kappa shape index (κ2) is 2.87. The van der Waals surface area contributed by atoms with Crippen molar-refractivity contribution in [2.24, 2.45) is 0 Å². The molecule has 0 aliphatic heterocycles. The fourth-order valence-electron chi connectivity index (χ4n) is 0.561. The van der Waals surface area contributed by atoms with Crippen LogP contribution in [0.2, 0.25) is 0 Å². The van der Waals surface area contributed by atoms with Gasteiger partial charge in [-0.3, -0.25) is 4.98 Å². The summed E-state index contributed by atoms with van der Waals surface area (Å²) < 4.78 is 0. The summed E-state index contributed by atoms with van der Waals surface area (Å²) in [5.41, 5.74) is 0.903. The van der Waals surface area contributed by atoms with Gasteiger partial charge in [0.25, 0.3) is 0 Å². The van der Waals surface area contributed by atoms with Gasteiger partial charge in [-0.25, -0.2) is 0 Å². The molecule has 0 aliphatic rings. The van der Waals surface area contributed by atoms with Gasteiger partial charge in [0.05, 0.1) is 6.26 Å². The Morgan fingerprint density at radius 1 is 1.56 bits per heavy atom. The molecule has 0 saturated heterocycles. The molecule has 1 rings (SSSR count). The summed E-state index contributed by atoms with van der Waals surface area (Å²) in [6, 6.07) is 3.68. The number of aliphatic hydroxyl groups excluding tert-OH is 1. The van der Waals surface area contributed by atoms with Crippen molar-refractivity contribution < 1.29 is 5.11 Å². The van der Waals surface area contributed by atoms with E-state index < -0.39 is 0 Å². The lowest BCUT2D eigenvalue weighted by atomic mass is 10.3. The Morgan fingerprint density at radius 3 is 3.00 bits per heavy atom. The molecule has 1 aromatic heterocycles. The van der Waals surface area contributed by atoms with Crippen LogP contribution >= 0.6 is 0 Å². The number of nitrogens with zero attached hydrogens (tertiary/aromatic N) is 1. The Morgan fingerprint density at radius 2 is 2.44 bits per heavy atom. The van der Waals surface area contributed by atoms with E-state index >= 15 is 0 Å². The fourth-order valence-corrected chi connectivity index (χ4v) is 0.561. The van der Waals surface area contributed by atoms with Crippen LogP contribution in [0.5, 0.6) is 0 Å². The van der Waals surface area contributed by atoms with Crippen molar-refractivity contribution >= 4 is 6.08 Å². The molecule has 46 valence electrons. The Kier molecular flexibility index (Phi) is 1.85. The topological polar surface area (TPSA) is 33.1 Å². The first-order valence-electron chi connectivity index (χ1n) is 2.64. The summed E-state index contributed by atoms with van der Waals surface area (Å²) in [5, 5.41) is 8.31. The van der Waals surface area contributed by atoms with E-state index in [1.54, 1.807) is 18.5 Å². The van der Waals surface area contributed by atoms with Crippen LogP contribution in [-0.2, 0) is 0 Å². The molecule has 9 heavy (non-hydrogen) atoms. The van der Waals surface area contributed by atoms with Gasteiger partial charge in [-0.05, 0) is 17.7 Å². The summed E-state index contributed by atoms with van der Waals surface area (Å²) >= 11 is 0. The van der Waals surface area contributed by atoms with E-state index in [0.717, 1.165) is 11.8 Å². The van der Waals surface area contributed by atoms with Crippen molar-refractivity contribution in [1.82, 2.24) is 4.98 Å². The van der Waals surface area contributed by atoms with Gasteiger partial charge in [0.1, 0.15) is 0 Å². The summed E-state index contributed by atoms with van der Waals surface area (Å²) in [5.74, 6) is 0. The standard InChI is InChI=1S/C7H7NO/c9-5-3-7-2-1-4-8-6-7/h1-6,9H/b5-3+. The van der Waals surface area contributed by atoms with Gasteiger partial charge in [-0.2, -0.15) is 0 Å². The molecule has 0 spiro atoms. The van der Waals surface area contributed by atoms with Gasteiger partial charge in [-0.15, -0.1) is 0 Å². The normalized spacial score (nSPS) is 10.2. The van der Waals surface area contributed by atoms with Crippen LogP contribution in [0.3, 0.4) is 0 Å². The minimum atomic E-state index is 0.903. The predicted molar refractivity (Wildman–Crippen MR) is 35.9 cm³/mol. The molecule has 1 heterocycles. The minimum absolute atomic E-state index is 0.903. The molecule has 2 heteroatoms. The monoisotopic (exact) mass is 121 g/mol. The minimum Gasteiger partial charge on any atom is -0.516 e. The van der Waals surface area contributed by atoms with E-state index in [2.05, 4.69) is 4.98 Å². The first-order valence-corrected chi connectivity index (χ1v) is 2.64. The lowest BCUT2D eigenvalue weighted by molar-refractivity contribution is 0.478. The largest absolute Gasteiger partial charge is 0.516 e. The molecule has 0 atom stereocenters. The molecule has 0 saturated carbocycles. The molecule has 1 N–H and O–H groups in total. The average Bonchev–Trinajstić information content (AvgIpc) is 1.91. The Balaban J connectivity index is 2.85. The molecule has 0 bridgehead atoms. The van der Waals surface area contributed by atoms with Crippen molar-refractivity contribution in [2.45, 2.75) is 0 Å². The zero-order valence-electron chi connectivity index (χ0n) is 4.86. The van der Waals surface area contributed by atoms with Crippen LogP contribution < -0.4 is 0 Å². The first-order chi connectivity index (χ1) is 4.43. The van der Waals surface area contributed by atoms with Gasteiger partial charge in [0, 0.05) is 12.4 Å². The zero-order chi connectivity index (χ0) is 6.53. The van der Waals surface area contributed by atoms with Crippen molar-refractivity contribution in [3.05, 3.63) is 36.4 Å². The number of aliphatic hydroxyl groups is 1. The Hall–Kier alpha value is -1.31. The van der Waals surface area contributed by atoms with E-state index in [1.165, 1.54) is 0 Å². The van der Waals surface area contributed by atoms with Gasteiger partial charge < -0.3 is 5.11 Å². The van der Waals surface area contributed by atoms with E-state index in [-0.39, 0.29) is 0 Å². The molecule has 0 radical (unpaired) electrons. The SMILES string of the molecule is O/C=C/c1cccnc1. The van der Waals surface area contributed by atoms with E-state index in [1.807, 2.05) is 12.1 Å². The molecular weight excluding hydrogens is 114 g/mol. The molecule has 0 aliphatic carbocycles. The third-order valence-electron chi connectivity index (χ3n) is 0.951. The first kappa shape index (κ1) is 5.82. The summed E-state index contributed by atoms with van der Waals surface area (Å²) in [4.78, 5) is 3.84. The second-order valence-electron chi connectivity index (χ2n) is 1.60. The smallest absolute Gasteiger partial charge is 0.0798 e. The zero-order valence-corrected chi connectivity index (χ0v) is 4.86. The molecule has 0 amide bonds. The molecular formula is C7H7NO. The summed E-state index contributed by atoms with van der Waals surface area (Å²) in [6.45, 7) is 0. The maximum atomic E-state index is 8.31. The predicted octanol–water partition coefficient (Wildman–Crippen LogP) is 1.61. The maximum Gasteiger partial charge on any atom is 0.0798 e. The molecule has 0 aromatic carbocycles. The van der Waals surface area contributed by atoms with E-state index in [0.29, 0.717) is 0 Å². The fraction of sp³-hybridized carbons (Fsp3) is 0. The quantitative estimate of drug-likeness (QED) is 0.572. The molecule has 1 aromatic rings. The van der Waals surface area contributed by atoms with E-state index in [4.69, 9.17) is 5.11 Å². The van der Waals surface area contributed by atoms with Gasteiger partial charge >= 0.3 is 0 Å². The van der Waals surface area contributed by atoms with Crippen LogP contribution in [0.4, 0.5) is 0 Å². The third-order valence-corrected chi connectivity index (χ3v) is 0.951. The molecule has 0 unspecified atom stereocenters.